The second-order valence-corrected chi connectivity index (χ2v) is 3.13. The molecular weight excluding hydrogens is 241 g/mol. The number of nitrogens with one attached hydrogen (secondary N) is 1. The van der Waals surface area contributed by atoms with Crippen molar-refractivity contribution in [3.63, 3.8) is 0 Å². The van der Waals surface area contributed by atoms with Gasteiger partial charge in [-0.2, -0.15) is 0 Å². The molecule has 0 bridgehead atoms. The Bertz CT molecular complexity index is 255. The van der Waals surface area contributed by atoms with Crippen LogP contribution in [0.5, 0.6) is 5.75 Å². The summed E-state index contributed by atoms with van der Waals surface area (Å²) in [4.78, 5) is 0. The Morgan fingerprint density at radius 2 is 2.17 bits per heavy atom. The third kappa shape index (κ3) is 2.66. The third-order valence-electron chi connectivity index (χ3n) is 1.44. The van der Waals surface area contributed by atoms with Gasteiger partial charge in [-0.3, -0.25) is 0 Å². The summed E-state index contributed by atoms with van der Waals surface area (Å²) in [5.74, 6) is 0.321. The molecule has 0 radical (unpaired) electrons. The van der Waals surface area contributed by atoms with Crippen LogP contribution in [-0.4, -0.2) is 12.2 Å². The van der Waals surface area contributed by atoms with Gasteiger partial charge in [0.1, 0.15) is 5.75 Å². The number of para-hydroxylation sites is 1. The van der Waals surface area contributed by atoms with E-state index < -0.39 is 0 Å². The summed E-state index contributed by atoms with van der Waals surface area (Å²) >= 11 is 3.24. The minimum absolute atomic E-state index is 0. The Kier molecular flexibility index (Phi) is 5.29. The van der Waals surface area contributed by atoms with Crippen LogP contribution in [0.3, 0.4) is 0 Å². The molecule has 0 amide bonds. The fourth-order valence-corrected chi connectivity index (χ4v) is 1.30. The Morgan fingerprint density at radius 3 is 2.75 bits per heavy atom. The van der Waals surface area contributed by atoms with Crippen LogP contribution in [0, 0.1) is 0 Å². The Labute approximate surface area is 86.5 Å². The van der Waals surface area contributed by atoms with Crippen LogP contribution in [0.2, 0.25) is 0 Å². The van der Waals surface area contributed by atoms with Crippen molar-refractivity contribution in [1.82, 2.24) is 5.32 Å². The van der Waals surface area contributed by atoms with Crippen LogP contribution in [0.4, 0.5) is 0 Å². The zero-order valence-electron chi connectivity index (χ0n) is 6.67. The molecule has 0 saturated heterocycles. The van der Waals surface area contributed by atoms with Gasteiger partial charge in [0.15, 0.2) is 0 Å². The number of benzene rings is 1. The van der Waals surface area contributed by atoms with E-state index in [0.717, 1.165) is 10.0 Å². The number of rotatable bonds is 2. The molecule has 0 aromatic heterocycles. The van der Waals surface area contributed by atoms with Gasteiger partial charge in [-0.25, -0.2) is 0 Å². The monoisotopic (exact) mass is 251 g/mol. The van der Waals surface area contributed by atoms with Crippen LogP contribution < -0.4 is 5.32 Å². The molecule has 0 aliphatic heterocycles. The van der Waals surface area contributed by atoms with Crippen LogP contribution in [-0.2, 0) is 6.54 Å². The minimum atomic E-state index is 0. The van der Waals surface area contributed by atoms with Crippen LogP contribution in [0.15, 0.2) is 22.7 Å². The van der Waals surface area contributed by atoms with Gasteiger partial charge in [0.05, 0.1) is 4.47 Å². The molecule has 1 aromatic carbocycles. The van der Waals surface area contributed by atoms with E-state index in [1.807, 2.05) is 25.2 Å². The van der Waals surface area contributed by atoms with E-state index in [2.05, 4.69) is 21.2 Å². The second kappa shape index (κ2) is 5.41. The van der Waals surface area contributed by atoms with Crippen LogP contribution in [0.1, 0.15) is 5.56 Å². The van der Waals surface area contributed by atoms with Gasteiger partial charge in [-0.1, -0.05) is 12.1 Å². The Hall–Kier alpha value is -0.250. The van der Waals surface area contributed by atoms with E-state index in [-0.39, 0.29) is 12.4 Å². The molecular formula is C8H11BrClNO. The van der Waals surface area contributed by atoms with E-state index in [1.54, 1.807) is 0 Å². The summed E-state index contributed by atoms with van der Waals surface area (Å²) in [6, 6.07) is 5.60. The first kappa shape index (κ1) is 11.8. The van der Waals surface area contributed by atoms with Crippen molar-refractivity contribution >= 4 is 28.3 Å². The topological polar surface area (TPSA) is 32.3 Å². The van der Waals surface area contributed by atoms with Crippen molar-refractivity contribution < 1.29 is 5.11 Å². The third-order valence-corrected chi connectivity index (χ3v) is 2.08. The quantitative estimate of drug-likeness (QED) is 0.846. The van der Waals surface area contributed by atoms with Crippen molar-refractivity contribution in [3.05, 3.63) is 28.2 Å². The highest BCUT2D eigenvalue weighted by Crippen LogP contribution is 2.26. The first-order valence-electron chi connectivity index (χ1n) is 3.36. The van der Waals surface area contributed by atoms with Crippen molar-refractivity contribution in [1.29, 1.82) is 0 Å². The molecule has 0 spiro atoms. The molecule has 12 heavy (non-hydrogen) atoms. The maximum atomic E-state index is 9.44. The molecule has 2 nitrogen and oxygen atoms in total. The van der Waals surface area contributed by atoms with Gasteiger partial charge in [0, 0.05) is 12.1 Å². The van der Waals surface area contributed by atoms with Crippen LogP contribution in [0.25, 0.3) is 0 Å². The number of hydrogen-bond acceptors (Lipinski definition) is 2. The number of phenols is 1. The summed E-state index contributed by atoms with van der Waals surface area (Å²) in [6.07, 6.45) is 0. The molecule has 1 aromatic rings. The highest BCUT2D eigenvalue weighted by Gasteiger charge is 2.01. The lowest BCUT2D eigenvalue weighted by molar-refractivity contribution is 0.462. The molecule has 68 valence electrons. The summed E-state index contributed by atoms with van der Waals surface area (Å²) in [5.41, 5.74) is 0.905. The van der Waals surface area contributed by atoms with Gasteiger partial charge in [0.2, 0.25) is 0 Å². The lowest BCUT2D eigenvalue weighted by Gasteiger charge is -2.03. The molecule has 0 aliphatic carbocycles. The van der Waals surface area contributed by atoms with E-state index in [0.29, 0.717) is 12.3 Å². The van der Waals surface area contributed by atoms with Crippen molar-refractivity contribution in [2.75, 3.05) is 7.05 Å². The summed E-state index contributed by atoms with van der Waals surface area (Å²) < 4.78 is 0.741. The fraction of sp³-hybridized carbons (Fsp3) is 0.250. The fourth-order valence-electron chi connectivity index (χ4n) is 0.893. The summed E-state index contributed by atoms with van der Waals surface area (Å²) in [5, 5.41) is 12.4. The Morgan fingerprint density at radius 1 is 1.50 bits per heavy atom. The van der Waals surface area contributed by atoms with Crippen molar-refractivity contribution in [2.45, 2.75) is 6.54 Å². The van der Waals surface area contributed by atoms with Gasteiger partial charge in [-0.15, -0.1) is 12.4 Å². The predicted octanol–water partition coefficient (Wildman–Crippen LogP) is 2.30. The molecule has 0 aliphatic rings. The van der Waals surface area contributed by atoms with Gasteiger partial charge < -0.3 is 10.4 Å². The largest absolute Gasteiger partial charge is 0.506 e. The smallest absolute Gasteiger partial charge is 0.134 e. The lowest BCUT2D eigenvalue weighted by Crippen LogP contribution is -2.04. The maximum Gasteiger partial charge on any atom is 0.134 e. The summed E-state index contributed by atoms with van der Waals surface area (Å²) in [7, 11) is 1.85. The molecule has 0 atom stereocenters. The number of hydrogen-bond donors (Lipinski definition) is 2. The van der Waals surface area contributed by atoms with E-state index >= 15 is 0 Å². The highest BCUT2D eigenvalue weighted by molar-refractivity contribution is 9.10. The predicted molar refractivity (Wildman–Crippen MR) is 55.8 cm³/mol. The highest BCUT2D eigenvalue weighted by atomic mass is 79.9. The molecule has 0 saturated carbocycles. The molecule has 0 unspecified atom stereocenters. The number of aromatic hydroxyl groups is 1. The average molecular weight is 253 g/mol. The zero-order valence-corrected chi connectivity index (χ0v) is 9.08. The normalized spacial score (nSPS) is 9.17. The van der Waals surface area contributed by atoms with E-state index in [1.165, 1.54) is 0 Å². The molecule has 2 N–H and O–H groups in total. The molecule has 0 fully saturated rings. The van der Waals surface area contributed by atoms with Gasteiger partial charge in [-0.05, 0) is 29.0 Å². The number of phenolic OH excluding ortho intramolecular Hbond substituents is 1. The van der Waals surface area contributed by atoms with Crippen LogP contribution >= 0.6 is 28.3 Å². The number of halogens is 2. The maximum absolute atomic E-state index is 9.44. The first-order valence-corrected chi connectivity index (χ1v) is 4.16. The summed E-state index contributed by atoms with van der Waals surface area (Å²) in [6.45, 7) is 0.686. The Balaban J connectivity index is 0.00000121. The van der Waals surface area contributed by atoms with Crippen molar-refractivity contribution in [2.24, 2.45) is 0 Å². The molecule has 0 heterocycles. The average Bonchev–Trinajstić information content (AvgIpc) is 1.99. The lowest BCUT2D eigenvalue weighted by atomic mass is 10.2. The van der Waals surface area contributed by atoms with Gasteiger partial charge in [0.25, 0.3) is 0 Å². The SMILES string of the molecule is CNCc1cccc(Br)c1O.Cl. The van der Waals surface area contributed by atoms with Gasteiger partial charge >= 0.3 is 0 Å². The first-order chi connectivity index (χ1) is 5.25. The molecule has 1 rings (SSSR count). The van der Waals surface area contributed by atoms with Crippen molar-refractivity contribution in [3.8, 4) is 5.75 Å². The molecule has 4 heteroatoms. The van der Waals surface area contributed by atoms with E-state index in [4.69, 9.17) is 0 Å². The standard InChI is InChI=1S/C8H10BrNO.ClH/c1-10-5-6-3-2-4-7(9)8(6)11;/h2-4,10-11H,5H2,1H3;1H. The zero-order chi connectivity index (χ0) is 8.27. The van der Waals surface area contributed by atoms with E-state index in [9.17, 15) is 5.11 Å². The second-order valence-electron chi connectivity index (χ2n) is 2.28. The minimum Gasteiger partial charge on any atom is -0.506 e.